The maximum absolute atomic E-state index is 14.7. The molecule has 0 bridgehead atoms. The summed E-state index contributed by atoms with van der Waals surface area (Å²) in [6.07, 6.45) is 2.67. The number of nitrogens with one attached hydrogen (secondary N) is 1. The summed E-state index contributed by atoms with van der Waals surface area (Å²) in [7, 11) is -4.22. The fourth-order valence-corrected chi connectivity index (χ4v) is 4.23. The van der Waals surface area contributed by atoms with Crippen molar-refractivity contribution in [1.29, 1.82) is 0 Å². The maximum Gasteiger partial charge on any atom is 0.333 e. The van der Waals surface area contributed by atoms with Crippen LogP contribution in [-0.2, 0) is 21.0 Å². The van der Waals surface area contributed by atoms with E-state index in [9.17, 15) is 22.7 Å². The molecule has 1 aliphatic rings. The fraction of sp³-hybridized carbons (Fsp3) is 0.400. The van der Waals surface area contributed by atoms with Gasteiger partial charge in [-0.2, -0.15) is 8.42 Å². The second-order valence-corrected chi connectivity index (χ2v) is 9.30. The van der Waals surface area contributed by atoms with Gasteiger partial charge in [-0.1, -0.05) is 5.16 Å². The van der Waals surface area contributed by atoms with Crippen molar-refractivity contribution < 1.29 is 31.4 Å². The lowest BCUT2D eigenvalue weighted by molar-refractivity contribution is 0.0501. The molecule has 3 aromatic rings. The summed E-state index contributed by atoms with van der Waals surface area (Å²) >= 11 is 0. The van der Waals surface area contributed by atoms with Crippen molar-refractivity contribution >= 4 is 21.9 Å². The molecule has 4 N–H and O–H groups in total. The molecule has 4 rings (SSSR count). The number of nitrogens with zero attached hydrogens (tertiary/aromatic N) is 4. The lowest BCUT2D eigenvalue weighted by atomic mass is 10.1. The monoisotopic (exact) mass is 494 g/mol. The van der Waals surface area contributed by atoms with Gasteiger partial charge in [0, 0.05) is 36.1 Å². The minimum Gasteiger partial charge on any atom is -0.390 e. The molecule has 4 atom stereocenters. The zero-order valence-electron chi connectivity index (χ0n) is 18.0. The number of hydrogen-bond acceptors (Lipinski definition) is 10. The summed E-state index contributed by atoms with van der Waals surface area (Å²) in [5, 5.41) is 21.6. The van der Waals surface area contributed by atoms with Crippen LogP contribution in [0.25, 0.3) is 0 Å². The van der Waals surface area contributed by atoms with Gasteiger partial charge in [0.2, 0.25) is 0 Å². The Balaban J connectivity index is 1.47. The molecule has 0 saturated heterocycles. The molecule has 0 radical (unpaired) electrons. The molecule has 1 aliphatic carbocycles. The quantitative estimate of drug-likeness (QED) is 0.357. The zero-order chi connectivity index (χ0) is 24.5. The molecule has 3 aromatic heterocycles. The van der Waals surface area contributed by atoms with E-state index in [2.05, 4.69) is 24.6 Å². The predicted octanol–water partition coefficient (Wildman–Crippen LogP) is 0.573. The van der Waals surface area contributed by atoms with E-state index in [0.717, 1.165) is 5.69 Å². The average molecular weight is 495 g/mol. The highest BCUT2D eigenvalue weighted by Gasteiger charge is 2.44. The van der Waals surface area contributed by atoms with Crippen LogP contribution in [0, 0.1) is 12.8 Å². The van der Waals surface area contributed by atoms with Gasteiger partial charge in [-0.15, -0.1) is 0 Å². The number of halogens is 1. The largest absolute Gasteiger partial charge is 0.390 e. The van der Waals surface area contributed by atoms with E-state index in [1.165, 1.54) is 12.5 Å². The van der Waals surface area contributed by atoms with Gasteiger partial charge in [0.25, 0.3) is 0 Å². The summed E-state index contributed by atoms with van der Waals surface area (Å²) in [6.45, 7) is 1.73. The first kappa shape index (κ1) is 23.9. The van der Waals surface area contributed by atoms with Gasteiger partial charge in [0.1, 0.15) is 18.3 Å². The molecule has 0 amide bonds. The summed E-state index contributed by atoms with van der Waals surface area (Å²) in [4.78, 5) is 21.1. The number of aromatic nitrogens is 4. The Bertz CT molecular complexity index is 1280. The topological polar surface area (TPSA) is 175 Å². The number of aliphatic hydroxyl groups is 1. The van der Waals surface area contributed by atoms with Crippen LogP contribution in [0.15, 0.2) is 41.6 Å². The number of carbonyl (C=O) groups excluding carboxylic acids is 1. The molecule has 1 saturated carbocycles. The molecule has 0 aliphatic heterocycles. The van der Waals surface area contributed by atoms with E-state index < -0.39 is 46.9 Å². The van der Waals surface area contributed by atoms with E-state index in [1.54, 1.807) is 29.1 Å². The molecule has 1 fully saturated rings. The Morgan fingerprint density at radius 3 is 2.97 bits per heavy atom. The smallest absolute Gasteiger partial charge is 0.333 e. The van der Waals surface area contributed by atoms with Crippen LogP contribution in [0.4, 0.5) is 10.2 Å². The van der Waals surface area contributed by atoms with Gasteiger partial charge < -0.3 is 19.5 Å². The summed E-state index contributed by atoms with van der Waals surface area (Å²) in [5.41, 5.74) is 1.22. The molecule has 12 nitrogen and oxygen atoms in total. The second kappa shape index (κ2) is 9.58. The van der Waals surface area contributed by atoms with Gasteiger partial charge in [-0.3, -0.25) is 8.98 Å². The average Bonchev–Trinajstić information content (AvgIpc) is 3.48. The van der Waals surface area contributed by atoms with E-state index in [0.29, 0.717) is 17.9 Å². The van der Waals surface area contributed by atoms with Crippen LogP contribution >= 0.6 is 0 Å². The lowest BCUT2D eigenvalue weighted by Gasteiger charge is -2.18. The number of aliphatic hydroxyl groups excluding tert-OH is 1. The number of alkyl halides is 1. The van der Waals surface area contributed by atoms with Crippen LogP contribution in [0.5, 0.6) is 0 Å². The zero-order valence-corrected chi connectivity index (χ0v) is 18.9. The Morgan fingerprint density at radius 2 is 2.26 bits per heavy atom. The predicted molar refractivity (Wildman–Crippen MR) is 116 cm³/mol. The molecule has 0 aromatic carbocycles. The Labute approximate surface area is 194 Å². The molecule has 0 unspecified atom stereocenters. The highest BCUT2D eigenvalue weighted by atomic mass is 32.2. The normalized spacial score (nSPS) is 22.7. The van der Waals surface area contributed by atoms with Gasteiger partial charge in [-0.25, -0.2) is 19.5 Å². The first-order chi connectivity index (χ1) is 16.1. The molecule has 3 heterocycles. The summed E-state index contributed by atoms with van der Waals surface area (Å²) in [6, 6.07) is 2.48. The number of ketones is 1. The van der Waals surface area contributed by atoms with Crippen molar-refractivity contribution in [3.05, 3.63) is 59.6 Å². The van der Waals surface area contributed by atoms with Crippen LogP contribution in [0.3, 0.4) is 0 Å². The standard InChI is InChI=1S/C20H23FN6O6S/c1-11-4-14(33-26-11)8-27-3-2-12(7-27)18(28)15-6-23-10-24-20(15)25-16-5-13(19(29)17(16)21)9-32-34(22,30)31/h2-4,6-7,10,13,16-17,19,29H,5,8-9H2,1H3,(H2,22,30,31)(H,23,24,25)/t13-,16-,17-,19-/m1/s1. The number of hydrogen-bond donors (Lipinski definition) is 3. The Kier molecular flexibility index (Phi) is 6.74. The van der Waals surface area contributed by atoms with Crippen molar-refractivity contribution in [2.24, 2.45) is 11.1 Å². The van der Waals surface area contributed by atoms with Crippen molar-refractivity contribution in [2.45, 2.75) is 38.2 Å². The Morgan fingerprint density at radius 1 is 1.47 bits per heavy atom. The third-order valence-electron chi connectivity index (χ3n) is 5.50. The third kappa shape index (κ3) is 5.47. The number of rotatable bonds is 9. The van der Waals surface area contributed by atoms with Crippen LogP contribution in [-0.4, -0.2) is 63.9 Å². The second-order valence-electron chi connectivity index (χ2n) is 8.08. The van der Waals surface area contributed by atoms with E-state index in [-0.39, 0.29) is 17.8 Å². The molecule has 0 spiro atoms. The molecule has 34 heavy (non-hydrogen) atoms. The number of anilines is 1. The van der Waals surface area contributed by atoms with E-state index >= 15 is 0 Å². The number of carbonyl (C=O) groups is 1. The van der Waals surface area contributed by atoms with Gasteiger partial charge >= 0.3 is 10.3 Å². The van der Waals surface area contributed by atoms with Gasteiger partial charge in [0.15, 0.2) is 11.5 Å². The first-order valence-electron chi connectivity index (χ1n) is 10.3. The Hall–Kier alpha value is -3.20. The third-order valence-corrected chi connectivity index (χ3v) is 5.97. The van der Waals surface area contributed by atoms with Crippen LogP contribution < -0.4 is 10.5 Å². The van der Waals surface area contributed by atoms with E-state index in [4.69, 9.17) is 9.66 Å². The lowest BCUT2D eigenvalue weighted by Crippen LogP contribution is -2.33. The minimum absolute atomic E-state index is 0.0302. The van der Waals surface area contributed by atoms with Crippen LogP contribution in [0.2, 0.25) is 0 Å². The van der Waals surface area contributed by atoms with Crippen molar-refractivity contribution in [2.75, 3.05) is 11.9 Å². The maximum atomic E-state index is 14.7. The van der Waals surface area contributed by atoms with Crippen molar-refractivity contribution in [3.8, 4) is 0 Å². The van der Waals surface area contributed by atoms with Crippen molar-refractivity contribution in [3.63, 3.8) is 0 Å². The number of nitrogens with two attached hydrogens (primary N) is 1. The summed E-state index contributed by atoms with van der Waals surface area (Å²) < 4.78 is 48.2. The first-order valence-corrected chi connectivity index (χ1v) is 11.8. The van der Waals surface area contributed by atoms with Crippen LogP contribution in [0.1, 0.15) is 33.8 Å². The van der Waals surface area contributed by atoms with Gasteiger partial charge in [-0.05, 0) is 19.4 Å². The van der Waals surface area contributed by atoms with Gasteiger partial charge in [0.05, 0.1) is 36.6 Å². The molecular formula is C20H23FN6O6S. The minimum atomic E-state index is -4.22. The highest BCUT2D eigenvalue weighted by molar-refractivity contribution is 7.84. The molecular weight excluding hydrogens is 471 g/mol. The van der Waals surface area contributed by atoms with Crippen molar-refractivity contribution in [1.82, 2.24) is 19.7 Å². The SMILES string of the molecule is Cc1cc(Cn2ccc(C(=O)c3cncnc3N[C@@H]3C[C@H](COS(N)(=O)=O)[C@@H](O)[C@@H]3F)c2)on1. The fourth-order valence-electron chi connectivity index (χ4n) is 3.87. The van der Waals surface area contributed by atoms with E-state index in [1.807, 2.05) is 6.92 Å². The summed E-state index contributed by atoms with van der Waals surface area (Å²) in [5.74, 6) is -0.488. The molecule has 182 valence electrons. The molecule has 14 heteroatoms. The number of aryl methyl sites for hydroxylation is 1. The highest BCUT2D eigenvalue weighted by Crippen LogP contribution is 2.32.